The van der Waals surface area contributed by atoms with Crippen LogP contribution in [-0.2, 0) is 14.3 Å². The van der Waals surface area contributed by atoms with E-state index in [0.717, 1.165) is 22.3 Å². The first-order valence-corrected chi connectivity index (χ1v) is 11.8. The molecule has 3 N–H and O–H groups in total. The quantitative estimate of drug-likeness (QED) is 0.476. The number of carbonyl (C=O) groups excluding carboxylic acids is 2. The van der Waals surface area contributed by atoms with Gasteiger partial charge in [0.2, 0.25) is 5.91 Å². The van der Waals surface area contributed by atoms with Gasteiger partial charge in [-0.25, -0.2) is 4.79 Å². The first-order valence-electron chi connectivity index (χ1n) is 11.8. The molecule has 34 heavy (non-hydrogen) atoms. The number of hydrogen-bond acceptors (Lipinski definition) is 4. The van der Waals surface area contributed by atoms with Gasteiger partial charge in [-0.1, -0.05) is 76.2 Å². The van der Waals surface area contributed by atoms with E-state index in [-0.39, 0.29) is 43.1 Å². The average Bonchev–Trinajstić information content (AvgIpc) is 3.10. The van der Waals surface area contributed by atoms with Crippen molar-refractivity contribution in [2.45, 2.75) is 58.5 Å². The van der Waals surface area contributed by atoms with Crippen LogP contribution in [0.4, 0.5) is 4.79 Å². The highest BCUT2D eigenvalue weighted by Crippen LogP contribution is 2.44. The minimum Gasteiger partial charge on any atom is -0.481 e. The van der Waals surface area contributed by atoms with Crippen LogP contribution in [0, 0.1) is 11.8 Å². The molecular formula is C27H34N2O5. The van der Waals surface area contributed by atoms with E-state index < -0.39 is 24.1 Å². The molecule has 7 nitrogen and oxygen atoms in total. The Morgan fingerprint density at radius 3 is 1.82 bits per heavy atom. The molecule has 0 unspecified atom stereocenters. The second-order valence-electron chi connectivity index (χ2n) is 9.54. The third-order valence-electron chi connectivity index (χ3n) is 6.40. The molecule has 1 aliphatic rings. The Labute approximate surface area is 200 Å². The molecule has 2 aromatic carbocycles. The number of carboxylic acid groups (broad SMARTS) is 1. The molecular weight excluding hydrogens is 432 g/mol. The van der Waals surface area contributed by atoms with Crippen LogP contribution in [0.3, 0.4) is 0 Å². The maximum atomic E-state index is 12.7. The summed E-state index contributed by atoms with van der Waals surface area (Å²) < 4.78 is 5.61. The standard InChI is InChI=1S/C27H34N2O5/c1-16(2)23(13-25(30)28-24(17(3)4)14-26(31)32)29-27(33)34-15-22-20-11-7-5-9-18(20)19-10-6-8-12-21(19)22/h5-12,16-17,22-24H,13-15H2,1-4H3,(H,28,30)(H,29,33)(H,31,32)/t23-,24-/m0/s1. The third kappa shape index (κ3) is 6.16. The van der Waals surface area contributed by atoms with Crippen molar-refractivity contribution in [3.63, 3.8) is 0 Å². The van der Waals surface area contributed by atoms with Crippen LogP contribution in [0.2, 0.25) is 0 Å². The summed E-state index contributed by atoms with van der Waals surface area (Å²) in [5.41, 5.74) is 4.58. The van der Waals surface area contributed by atoms with E-state index in [1.807, 2.05) is 52.0 Å². The number of nitrogens with one attached hydrogen (secondary N) is 2. The van der Waals surface area contributed by atoms with Crippen LogP contribution in [0.1, 0.15) is 57.6 Å². The number of carbonyl (C=O) groups is 3. The van der Waals surface area contributed by atoms with Crippen LogP contribution in [0.15, 0.2) is 48.5 Å². The van der Waals surface area contributed by atoms with E-state index in [4.69, 9.17) is 9.84 Å². The molecule has 0 radical (unpaired) electrons. The molecule has 0 saturated carbocycles. The van der Waals surface area contributed by atoms with Gasteiger partial charge in [-0.05, 0) is 34.1 Å². The van der Waals surface area contributed by atoms with Gasteiger partial charge in [-0.2, -0.15) is 0 Å². The Balaban J connectivity index is 1.59. The summed E-state index contributed by atoms with van der Waals surface area (Å²) in [5, 5.41) is 14.7. The van der Waals surface area contributed by atoms with Crippen molar-refractivity contribution in [2.75, 3.05) is 6.61 Å². The lowest BCUT2D eigenvalue weighted by Gasteiger charge is -2.25. The van der Waals surface area contributed by atoms with E-state index >= 15 is 0 Å². The Morgan fingerprint density at radius 2 is 1.32 bits per heavy atom. The molecule has 2 aromatic rings. The van der Waals surface area contributed by atoms with Crippen molar-refractivity contribution in [1.82, 2.24) is 10.6 Å². The monoisotopic (exact) mass is 466 g/mol. The predicted octanol–water partition coefficient (Wildman–Crippen LogP) is 4.56. The number of ether oxygens (including phenoxy) is 1. The molecule has 0 aliphatic heterocycles. The van der Waals surface area contributed by atoms with Gasteiger partial charge >= 0.3 is 12.1 Å². The molecule has 7 heteroatoms. The van der Waals surface area contributed by atoms with E-state index in [1.54, 1.807) is 0 Å². The molecule has 0 aromatic heterocycles. The summed E-state index contributed by atoms with van der Waals surface area (Å²) in [6.07, 6.45) is -0.667. The highest BCUT2D eigenvalue weighted by Gasteiger charge is 2.30. The van der Waals surface area contributed by atoms with Crippen molar-refractivity contribution < 1.29 is 24.2 Å². The normalized spacial score (nSPS) is 14.3. The van der Waals surface area contributed by atoms with Crippen LogP contribution >= 0.6 is 0 Å². The lowest BCUT2D eigenvalue weighted by molar-refractivity contribution is -0.138. The Kier molecular flexibility index (Phi) is 8.31. The third-order valence-corrected chi connectivity index (χ3v) is 6.40. The molecule has 0 fully saturated rings. The van der Waals surface area contributed by atoms with Crippen molar-refractivity contribution >= 4 is 18.0 Å². The average molecular weight is 467 g/mol. The largest absolute Gasteiger partial charge is 0.481 e. The fraction of sp³-hybridized carbons (Fsp3) is 0.444. The molecule has 0 heterocycles. The molecule has 2 amide bonds. The smallest absolute Gasteiger partial charge is 0.407 e. The number of hydrogen-bond donors (Lipinski definition) is 3. The van der Waals surface area contributed by atoms with Gasteiger partial charge in [-0.3, -0.25) is 9.59 Å². The predicted molar refractivity (Wildman–Crippen MR) is 130 cm³/mol. The van der Waals surface area contributed by atoms with Gasteiger partial charge in [-0.15, -0.1) is 0 Å². The van der Waals surface area contributed by atoms with Gasteiger partial charge in [0.25, 0.3) is 0 Å². The minimum absolute atomic E-state index is 0.0109. The van der Waals surface area contributed by atoms with Crippen molar-refractivity contribution in [3.8, 4) is 11.1 Å². The summed E-state index contributed by atoms with van der Waals surface area (Å²) in [5.74, 6) is -1.33. The Hall–Kier alpha value is -3.35. The molecule has 0 spiro atoms. The summed E-state index contributed by atoms with van der Waals surface area (Å²) >= 11 is 0. The maximum Gasteiger partial charge on any atom is 0.407 e. The molecule has 182 valence electrons. The van der Waals surface area contributed by atoms with E-state index in [9.17, 15) is 14.4 Å². The number of alkyl carbamates (subject to hydrolysis) is 1. The fourth-order valence-corrected chi connectivity index (χ4v) is 4.35. The molecule has 0 saturated heterocycles. The zero-order valence-electron chi connectivity index (χ0n) is 20.2. The lowest BCUT2D eigenvalue weighted by atomic mass is 9.98. The summed E-state index contributed by atoms with van der Waals surface area (Å²) in [7, 11) is 0. The first kappa shape index (κ1) is 25.3. The van der Waals surface area contributed by atoms with E-state index in [2.05, 4.69) is 34.9 Å². The van der Waals surface area contributed by atoms with E-state index in [0.29, 0.717) is 0 Å². The van der Waals surface area contributed by atoms with Gasteiger partial charge in [0, 0.05) is 24.4 Å². The fourth-order valence-electron chi connectivity index (χ4n) is 4.35. The molecule has 0 bridgehead atoms. The molecule has 3 rings (SSSR count). The number of carboxylic acids is 1. The Morgan fingerprint density at radius 1 is 0.824 bits per heavy atom. The van der Waals surface area contributed by atoms with Crippen LogP contribution in [0.25, 0.3) is 11.1 Å². The second-order valence-corrected chi connectivity index (χ2v) is 9.54. The van der Waals surface area contributed by atoms with Crippen molar-refractivity contribution in [3.05, 3.63) is 59.7 Å². The highest BCUT2D eigenvalue weighted by atomic mass is 16.5. The Bertz CT molecular complexity index is 988. The number of fused-ring (bicyclic) bond motifs is 3. The second kappa shape index (κ2) is 11.2. The summed E-state index contributed by atoms with van der Waals surface area (Å²) in [6.45, 7) is 7.76. The topological polar surface area (TPSA) is 105 Å². The summed E-state index contributed by atoms with van der Waals surface area (Å²) in [6, 6.07) is 15.4. The van der Waals surface area contributed by atoms with Crippen LogP contribution < -0.4 is 10.6 Å². The van der Waals surface area contributed by atoms with E-state index in [1.165, 1.54) is 0 Å². The minimum atomic E-state index is -0.962. The summed E-state index contributed by atoms with van der Waals surface area (Å²) in [4.78, 5) is 36.3. The first-order chi connectivity index (χ1) is 16.2. The van der Waals surface area contributed by atoms with Gasteiger partial charge in [0.05, 0.1) is 6.42 Å². The van der Waals surface area contributed by atoms with Crippen LogP contribution in [-0.4, -0.2) is 41.8 Å². The van der Waals surface area contributed by atoms with Gasteiger partial charge in [0.15, 0.2) is 0 Å². The molecule has 1 aliphatic carbocycles. The SMILES string of the molecule is CC(C)[C@H](CC(=O)O)NC(=O)C[C@H](NC(=O)OCC1c2ccccc2-c2ccccc21)C(C)C. The lowest BCUT2D eigenvalue weighted by Crippen LogP contribution is -2.46. The van der Waals surface area contributed by atoms with Crippen molar-refractivity contribution in [1.29, 1.82) is 0 Å². The molecule has 2 atom stereocenters. The van der Waals surface area contributed by atoms with Crippen molar-refractivity contribution in [2.24, 2.45) is 11.8 Å². The van der Waals surface area contributed by atoms with Gasteiger partial charge < -0.3 is 20.5 Å². The highest BCUT2D eigenvalue weighted by molar-refractivity contribution is 5.80. The number of benzene rings is 2. The maximum absolute atomic E-state index is 12.7. The number of rotatable bonds is 10. The number of amides is 2. The van der Waals surface area contributed by atoms with Gasteiger partial charge in [0.1, 0.15) is 6.61 Å². The zero-order chi connectivity index (χ0) is 24.8. The zero-order valence-corrected chi connectivity index (χ0v) is 20.2. The van der Waals surface area contributed by atoms with Crippen LogP contribution in [0.5, 0.6) is 0 Å². The number of aliphatic carboxylic acids is 1.